The standard InChI is InChI=1S/C24H25N5O2/c1-3-22-27-28-24(31-22)26-21-14-20(7-4-16(21)2)23(30)29-12-10-19(11-13-29)18-8-5-17(15-25)6-9-18/h4-9,14,19H,3,10-13H2,1-2H3,(H,26,28). The Morgan fingerprint density at radius 2 is 1.94 bits per heavy atom. The molecule has 2 aromatic carbocycles. The molecule has 3 aromatic rings. The maximum absolute atomic E-state index is 13.1. The van der Waals surface area contributed by atoms with Crippen molar-refractivity contribution in [2.45, 2.75) is 39.0 Å². The second-order valence-electron chi connectivity index (χ2n) is 7.81. The number of likely N-dealkylation sites (tertiary alicyclic amines) is 1. The van der Waals surface area contributed by atoms with Gasteiger partial charge in [-0.2, -0.15) is 5.26 Å². The molecule has 0 saturated carbocycles. The van der Waals surface area contributed by atoms with E-state index in [1.165, 1.54) is 5.56 Å². The molecule has 0 unspecified atom stereocenters. The molecule has 0 radical (unpaired) electrons. The molecule has 1 N–H and O–H groups in total. The molecular weight excluding hydrogens is 390 g/mol. The van der Waals surface area contributed by atoms with E-state index in [9.17, 15) is 4.79 Å². The average Bonchev–Trinajstić information content (AvgIpc) is 3.28. The molecule has 1 fully saturated rings. The van der Waals surface area contributed by atoms with Crippen LogP contribution in [0.2, 0.25) is 0 Å². The zero-order valence-corrected chi connectivity index (χ0v) is 17.8. The number of nitriles is 1. The van der Waals surface area contributed by atoms with Gasteiger partial charge in [0.05, 0.1) is 11.6 Å². The molecule has 0 spiro atoms. The molecule has 31 heavy (non-hydrogen) atoms. The molecule has 2 heterocycles. The Morgan fingerprint density at radius 1 is 1.19 bits per heavy atom. The second-order valence-corrected chi connectivity index (χ2v) is 7.81. The van der Waals surface area contributed by atoms with Gasteiger partial charge in [0, 0.05) is 30.8 Å². The molecule has 7 nitrogen and oxygen atoms in total. The molecule has 1 aliphatic rings. The number of aryl methyl sites for hydroxylation is 2. The normalized spacial score (nSPS) is 14.3. The minimum absolute atomic E-state index is 0.0288. The monoisotopic (exact) mass is 415 g/mol. The molecule has 1 aromatic heterocycles. The summed E-state index contributed by atoms with van der Waals surface area (Å²) in [6.07, 6.45) is 2.50. The summed E-state index contributed by atoms with van der Waals surface area (Å²) in [5.74, 6) is 1.01. The molecule has 4 rings (SSSR count). The Morgan fingerprint density at radius 3 is 2.58 bits per heavy atom. The van der Waals surface area contributed by atoms with Crippen LogP contribution in [0.4, 0.5) is 11.7 Å². The van der Waals surface area contributed by atoms with Crippen LogP contribution in [0.3, 0.4) is 0 Å². The highest BCUT2D eigenvalue weighted by atomic mass is 16.4. The highest BCUT2D eigenvalue weighted by Crippen LogP contribution is 2.29. The number of nitrogens with one attached hydrogen (secondary N) is 1. The van der Waals surface area contributed by atoms with Crippen LogP contribution in [0.15, 0.2) is 46.9 Å². The van der Waals surface area contributed by atoms with Gasteiger partial charge < -0.3 is 14.6 Å². The number of hydrogen-bond donors (Lipinski definition) is 1. The van der Waals surface area contributed by atoms with Crippen LogP contribution < -0.4 is 5.32 Å². The third-order valence-corrected chi connectivity index (χ3v) is 5.79. The number of aromatic nitrogens is 2. The molecule has 1 aliphatic heterocycles. The van der Waals surface area contributed by atoms with E-state index in [-0.39, 0.29) is 5.91 Å². The fraction of sp³-hybridized carbons (Fsp3) is 0.333. The Kier molecular flexibility index (Phi) is 5.99. The molecular formula is C24H25N5O2. The number of piperidine rings is 1. The van der Waals surface area contributed by atoms with Crippen molar-refractivity contribution >= 4 is 17.6 Å². The van der Waals surface area contributed by atoms with Crippen LogP contribution in [-0.4, -0.2) is 34.1 Å². The lowest BCUT2D eigenvalue weighted by molar-refractivity contribution is 0.0713. The van der Waals surface area contributed by atoms with Gasteiger partial charge in [-0.05, 0) is 61.1 Å². The minimum atomic E-state index is 0.0288. The fourth-order valence-electron chi connectivity index (χ4n) is 3.88. The van der Waals surface area contributed by atoms with Crippen molar-refractivity contribution < 1.29 is 9.21 Å². The SMILES string of the molecule is CCc1nnc(Nc2cc(C(=O)N3CCC(c4ccc(C#N)cc4)CC3)ccc2C)o1. The fourth-order valence-corrected chi connectivity index (χ4v) is 3.88. The molecule has 0 atom stereocenters. The van der Waals surface area contributed by atoms with Crippen LogP contribution in [0.1, 0.15) is 58.6 Å². The predicted octanol–water partition coefficient (Wildman–Crippen LogP) is 4.58. The molecule has 0 aliphatic carbocycles. The van der Waals surface area contributed by atoms with Gasteiger partial charge >= 0.3 is 6.01 Å². The van der Waals surface area contributed by atoms with E-state index in [0.29, 0.717) is 48.5 Å². The number of nitrogens with zero attached hydrogens (tertiary/aromatic N) is 4. The van der Waals surface area contributed by atoms with E-state index in [1.807, 2.05) is 61.2 Å². The summed E-state index contributed by atoms with van der Waals surface area (Å²) in [6.45, 7) is 5.34. The first-order valence-corrected chi connectivity index (χ1v) is 10.6. The van der Waals surface area contributed by atoms with Crippen molar-refractivity contribution in [2.24, 2.45) is 0 Å². The molecule has 1 saturated heterocycles. The molecule has 0 bridgehead atoms. The Bertz CT molecular complexity index is 1110. The quantitative estimate of drug-likeness (QED) is 0.656. The summed E-state index contributed by atoms with van der Waals surface area (Å²) < 4.78 is 5.53. The van der Waals surface area contributed by atoms with Gasteiger partial charge in [0.25, 0.3) is 5.91 Å². The van der Waals surface area contributed by atoms with Gasteiger partial charge in [-0.3, -0.25) is 4.79 Å². The van der Waals surface area contributed by atoms with Crippen LogP contribution >= 0.6 is 0 Å². The Hall–Kier alpha value is -3.66. The number of amides is 1. The first-order valence-electron chi connectivity index (χ1n) is 10.6. The van der Waals surface area contributed by atoms with Gasteiger partial charge in [0.1, 0.15) is 0 Å². The van der Waals surface area contributed by atoms with Crippen molar-refractivity contribution in [3.05, 3.63) is 70.6 Å². The van der Waals surface area contributed by atoms with E-state index in [2.05, 4.69) is 21.6 Å². The van der Waals surface area contributed by atoms with Crippen LogP contribution in [0, 0.1) is 18.3 Å². The second kappa shape index (κ2) is 9.00. The number of carbonyl (C=O) groups excluding carboxylic acids is 1. The largest absolute Gasteiger partial charge is 0.408 e. The number of benzene rings is 2. The van der Waals surface area contributed by atoms with Gasteiger partial charge in [0.2, 0.25) is 5.89 Å². The summed E-state index contributed by atoms with van der Waals surface area (Å²) in [6, 6.07) is 15.9. The van der Waals surface area contributed by atoms with Gasteiger partial charge in [-0.1, -0.05) is 30.2 Å². The van der Waals surface area contributed by atoms with Crippen molar-refractivity contribution in [1.82, 2.24) is 15.1 Å². The van der Waals surface area contributed by atoms with Crippen molar-refractivity contribution in [1.29, 1.82) is 5.26 Å². The highest BCUT2D eigenvalue weighted by molar-refractivity contribution is 5.95. The molecule has 158 valence electrons. The smallest absolute Gasteiger partial charge is 0.320 e. The highest BCUT2D eigenvalue weighted by Gasteiger charge is 2.25. The van der Waals surface area contributed by atoms with E-state index < -0.39 is 0 Å². The van der Waals surface area contributed by atoms with Crippen LogP contribution in [-0.2, 0) is 6.42 Å². The van der Waals surface area contributed by atoms with E-state index in [4.69, 9.17) is 9.68 Å². The first kappa shape index (κ1) is 20.6. The van der Waals surface area contributed by atoms with Crippen molar-refractivity contribution in [2.75, 3.05) is 18.4 Å². The van der Waals surface area contributed by atoms with Gasteiger partial charge in [-0.25, -0.2) is 0 Å². The minimum Gasteiger partial charge on any atom is -0.408 e. The Labute approximate surface area is 181 Å². The zero-order valence-electron chi connectivity index (χ0n) is 17.8. The molecule has 1 amide bonds. The average molecular weight is 415 g/mol. The van der Waals surface area contributed by atoms with Crippen LogP contribution in [0.5, 0.6) is 0 Å². The lowest BCUT2D eigenvalue weighted by Crippen LogP contribution is -2.37. The maximum Gasteiger partial charge on any atom is 0.320 e. The summed E-state index contributed by atoms with van der Waals surface area (Å²) in [5, 5.41) is 20.1. The third kappa shape index (κ3) is 4.58. The first-order chi connectivity index (χ1) is 15.1. The van der Waals surface area contributed by atoms with E-state index in [0.717, 1.165) is 24.1 Å². The summed E-state index contributed by atoms with van der Waals surface area (Å²) in [4.78, 5) is 15.0. The Balaban J connectivity index is 1.42. The number of rotatable bonds is 5. The third-order valence-electron chi connectivity index (χ3n) is 5.79. The summed E-state index contributed by atoms with van der Waals surface area (Å²) in [7, 11) is 0. The number of carbonyl (C=O) groups is 1. The topological polar surface area (TPSA) is 95.0 Å². The summed E-state index contributed by atoms with van der Waals surface area (Å²) in [5.41, 5.74) is 4.32. The summed E-state index contributed by atoms with van der Waals surface area (Å²) >= 11 is 0. The number of anilines is 2. The zero-order chi connectivity index (χ0) is 21.8. The van der Waals surface area contributed by atoms with Crippen molar-refractivity contribution in [3.63, 3.8) is 0 Å². The maximum atomic E-state index is 13.1. The van der Waals surface area contributed by atoms with E-state index >= 15 is 0 Å². The van der Waals surface area contributed by atoms with E-state index in [1.54, 1.807) is 0 Å². The lowest BCUT2D eigenvalue weighted by Gasteiger charge is -2.32. The van der Waals surface area contributed by atoms with Crippen molar-refractivity contribution in [3.8, 4) is 6.07 Å². The van der Waals surface area contributed by atoms with Gasteiger partial charge in [0.15, 0.2) is 0 Å². The lowest BCUT2D eigenvalue weighted by atomic mass is 9.89. The predicted molar refractivity (Wildman–Crippen MR) is 117 cm³/mol. The van der Waals surface area contributed by atoms with Crippen LogP contribution in [0.25, 0.3) is 0 Å². The number of hydrogen-bond acceptors (Lipinski definition) is 6. The molecule has 7 heteroatoms. The van der Waals surface area contributed by atoms with Gasteiger partial charge in [-0.15, -0.1) is 5.10 Å².